The molecule has 1 saturated carbocycles. The van der Waals surface area contributed by atoms with Crippen molar-refractivity contribution in [3.05, 3.63) is 0 Å². The van der Waals surface area contributed by atoms with Gasteiger partial charge in [0.15, 0.2) is 0 Å². The molecule has 1 saturated heterocycles. The largest absolute Gasteiger partial charge is 0.384 e. The second-order valence-corrected chi connectivity index (χ2v) is 5.93. The summed E-state index contributed by atoms with van der Waals surface area (Å²) in [5.74, 6) is 1.30. The first-order valence-corrected chi connectivity index (χ1v) is 7.19. The van der Waals surface area contributed by atoms with E-state index in [-0.39, 0.29) is 18.1 Å². The lowest BCUT2D eigenvalue weighted by molar-refractivity contribution is -0.131. The zero-order chi connectivity index (χ0) is 13.1. The third-order valence-corrected chi connectivity index (χ3v) is 4.22. The maximum atomic E-state index is 12.2. The van der Waals surface area contributed by atoms with E-state index in [4.69, 9.17) is 4.74 Å². The van der Waals surface area contributed by atoms with Crippen molar-refractivity contribution in [2.24, 2.45) is 11.8 Å². The second-order valence-electron chi connectivity index (χ2n) is 5.93. The number of nitrogens with one attached hydrogen (secondary N) is 1. The lowest BCUT2D eigenvalue weighted by atomic mass is 10.0. The van der Waals surface area contributed by atoms with Crippen molar-refractivity contribution in [3.8, 4) is 0 Å². The van der Waals surface area contributed by atoms with E-state index in [0.29, 0.717) is 11.8 Å². The summed E-state index contributed by atoms with van der Waals surface area (Å²) in [6.45, 7) is 5.65. The highest BCUT2D eigenvalue weighted by Crippen LogP contribution is 2.32. The van der Waals surface area contributed by atoms with E-state index in [9.17, 15) is 4.79 Å². The molecule has 0 aromatic carbocycles. The van der Waals surface area contributed by atoms with E-state index in [1.54, 1.807) is 7.11 Å². The smallest absolute Gasteiger partial charge is 0.240 e. The molecule has 104 valence electrons. The second kappa shape index (κ2) is 6.02. The average Bonchev–Trinajstić information content (AvgIpc) is 2.93. The van der Waals surface area contributed by atoms with Gasteiger partial charge in [-0.3, -0.25) is 10.1 Å². The molecule has 4 heteroatoms. The molecule has 0 aromatic rings. The summed E-state index contributed by atoms with van der Waals surface area (Å²) in [5, 5.41) is 3.48. The van der Waals surface area contributed by atoms with Gasteiger partial charge in [-0.25, -0.2) is 0 Å². The zero-order valence-electron chi connectivity index (χ0n) is 11.8. The first kappa shape index (κ1) is 13.8. The van der Waals surface area contributed by atoms with Crippen LogP contribution in [0.2, 0.25) is 0 Å². The molecule has 4 nitrogen and oxygen atoms in total. The van der Waals surface area contributed by atoms with Gasteiger partial charge in [-0.05, 0) is 31.6 Å². The van der Waals surface area contributed by atoms with Gasteiger partial charge in [-0.15, -0.1) is 0 Å². The number of methoxy groups -OCH3 is 1. The first-order valence-electron chi connectivity index (χ1n) is 7.19. The summed E-state index contributed by atoms with van der Waals surface area (Å²) < 4.78 is 5.18. The van der Waals surface area contributed by atoms with Crippen LogP contribution >= 0.6 is 0 Å². The minimum atomic E-state index is -0.0228. The third kappa shape index (κ3) is 2.86. The minimum absolute atomic E-state index is 0.0228. The first-order chi connectivity index (χ1) is 8.63. The molecule has 2 rings (SSSR count). The van der Waals surface area contributed by atoms with Crippen LogP contribution in [0.1, 0.15) is 39.5 Å². The molecule has 1 heterocycles. The molecule has 1 amide bonds. The van der Waals surface area contributed by atoms with Crippen LogP contribution in [0, 0.1) is 11.8 Å². The highest BCUT2D eigenvalue weighted by Gasteiger charge is 2.41. The fourth-order valence-corrected chi connectivity index (χ4v) is 3.34. The summed E-state index contributed by atoms with van der Waals surface area (Å²) in [6, 6.07) is -0.0228. The van der Waals surface area contributed by atoms with Crippen LogP contribution in [0.25, 0.3) is 0 Å². The number of ether oxygens (including phenoxy) is 1. The Balaban J connectivity index is 2.00. The minimum Gasteiger partial charge on any atom is -0.384 e. The van der Waals surface area contributed by atoms with Crippen LogP contribution in [-0.2, 0) is 9.53 Å². The van der Waals surface area contributed by atoms with Gasteiger partial charge in [-0.2, -0.15) is 0 Å². The van der Waals surface area contributed by atoms with E-state index >= 15 is 0 Å². The maximum absolute atomic E-state index is 12.2. The van der Waals surface area contributed by atoms with Gasteiger partial charge < -0.3 is 9.64 Å². The lowest BCUT2D eigenvalue weighted by Gasteiger charge is -2.31. The molecule has 0 aromatic heterocycles. The average molecular weight is 254 g/mol. The van der Waals surface area contributed by atoms with Crippen molar-refractivity contribution in [2.75, 3.05) is 20.3 Å². The Labute approximate surface area is 110 Å². The molecule has 1 aliphatic heterocycles. The van der Waals surface area contributed by atoms with Crippen molar-refractivity contribution in [1.29, 1.82) is 0 Å². The number of carbonyl (C=O) groups excluding carboxylic acids is 1. The molecule has 18 heavy (non-hydrogen) atoms. The molecule has 0 spiro atoms. The Hall–Kier alpha value is -0.610. The van der Waals surface area contributed by atoms with Crippen molar-refractivity contribution >= 4 is 5.91 Å². The molecule has 2 aliphatic rings. The summed E-state index contributed by atoms with van der Waals surface area (Å²) in [7, 11) is 1.72. The molecule has 0 radical (unpaired) electrons. The maximum Gasteiger partial charge on any atom is 0.240 e. The molecular weight excluding hydrogens is 228 g/mol. The van der Waals surface area contributed by atoms with Crippen molar-refractivity contribution in [3.63, 3.8) is 0 Å². The van der Waals surface area contributed by atoms with Gasteiger partial charge in [0.05, 0.1) is 18.8 Å². The Kier molecular flexibility index (Phi) is 4.62. The quantitative estimate of drug-likeness (QED) is 0.810. The SMILES string of the molecule is COCC(C)CN1C(=O)C(C)NC1C1CCCC1. The van der Waals surface area contributed by atoms with Gasteiger partial charge in [0, 0.05) is 13.7 Å². The highest BCUT2D eigenvalue weighted by molar-refractivity contribution is 5.84. The molecule has 2 fully saturated rings. The number of nitrogens with zero attached hydrogens (tertiary/aromatic N) is 1. The van der Waals surface area contributed by atoms with Crippen LogP contribution in [0.3, 0.4) is 0 Å². The summed E-state index contributed by atoms with van der Waals surface area (Å²) in [5.41, 5.74) is 0. The van der Waals surface area contributed by atoms with Crippen LogP contribution in [-0.4, -0.2) is 43.3 Å². The van der Waals surface area contributed by atoms with Gasteiger partial charge in [0.25, 0.3) is 0 Å². The monoisotopic (exact) mass is 254 g/mol. The van der Waals surface area contributed by atoms with Crippen LogP contribution in [0.5, 0.6) is 0 Å². The predicted molar refractivity (Wildman–Crippen MR) is 71.1 cm³/mol. The zero-order valence-corrected chi connectivity index (χ0v) is 11.8. The van der Waals surface area contributed by atoms with Gasteiger partial charge in [-0.1, -0.05) is 19.8 Å². The number of hydrogen-bond acceptors (Lipinski definition) is 3. The fourth-order valence-electron chi connectivity index (χ4n) is 3.34. The molecular formula is C14H26N2O2. The molecule has 1 aliphatic carbocycles. The normalized spacial score (nSPS) is 31.3. The predicted octanol–water partition coefficient (Wildman–Crippen LogP) is 1.61. The van der Waals surface area contributed by atoms with E-state index in [0.717, 1.165) is 13.2 Å². The fraction of sp³-hybridized carbons (Fsp3) is 0.929. The van der Waals surface area contributed by atoms with E-state index in [1.807, 2.05) is 6.92 Å². The van der Waals surface area contributed by atoms with E-state index in [1.165, 1.54) is 25.7 Å². The van der Waals surface area contributed by atoms with Gasteiger partial charge in [0.1, 0.15) is 0 Å². The Morgan fingerprint density at radius 2 is 2.11 bits per heavy atom. The van der Waals surface area contributed by atoms with Crippen LogP contribution in [0.4, 0.5) is 0 Å². The topological polar surface area (TPSA) is 41.6 Å². The number of rotatable bonds is 5. The summed E-state index contributed by atoms with van der Waals surface area (Å²) in [6.07, 6.45) is 5.40. The van der Waals surface area contributed by atoms with Crippen molar-refractivity contribution in [2.45, 2.75) is 51.7 Å². The third-order valence-electron chi connectivity index (χ3n) is 4.22. The van der Waals surface area contributed by atoms with Crippen LogP contribution < -0.4 is 5.32 Å². The number of hydrogen-bond donors (Lipinski definition) is 1. The highest BCUT2D eigenvalue weighted by atomic mass is 16.5. The molecule has 3 atom stereocenters. The van der Waals surface area contributed by atoms with Gasteiger partial charge >= 0.3 is 0 Å². The lowest BCUT2D eigenvalue weighted by Crippen LogP contribution is -2.44. The molecule has 3 unspecified atom stereocenters. The number of amides is 1. The van der Waals surface area contributed by atoms with Crippen molar-refractivity contribution in [1.82, 2.24) is 10.2 Å². The van der Waals surface area contributed by atoms with Crippen molar-refractivity contribution < 1.29 is 9.53 Å². The Bertz CT molecular complexity index is 290. The van der Waals surface area contributed by atoms with Crippen LogP contribution in [0.15, 0.2) is 0 Å². The number of carbonyl (C=O) groups is 1. The van der Waals surface area contributed by atoms with E-state index in [2.05, 4.69) is 17.1 Å². The summed E-state index contributed by atoms with van der Waals surface area (Å²) >= 11 is 0. The van der Waals surface area contributed by atoms with E-state index < -0.39 is 0 Å². The molecule has 1 N–H and O–H groups in total. The van der Waals surface area contributed by atoms with Gasteiger partial charge in [0.2, 0.25) is 5.91 Å². The molecule has 0 bridgehead atoms. The Morgan fingerprint density at radius 1 is 1.44 bits per heavy atom. The summed E-state index contributed by atoms with van der Waals surface area (Å²) in [4.78, 5) is 14.3. The Morgan fingerprint density at radius 3 is 2.72 bits per heavy atom. The standard InChI is InChI=1S/C14H26N2O2/c1-10(9-18-3)8-16-13(12-6-4-5-7-12)15-11(2)14(16)17/h10-13,15H,4-9H2,1-3H3.